The molecule has 0 bridgehead atoms. The first-order valence-corrected chi connectivity index (χ1v) is 6.75. The lowest BCUT2D eigenvalue weighted by Crippen LogP contribution is -2.06. The number of anilines is 1. The van der Waals surface area contributed by atoms with Crippen molar-refractivity contribution in [3.63, 3.8) is 0 Å². The van der Waals surface area contributed by atoms with Crippen LogP contribution in [-0.4, -0.2) is 17.1 Å². The summed E-state index contributed by atoms with van der Waals surface area (Å²) < 4.78 is 18.9. The molecule has 100 valence electrons. The molecule has 0 saturated carbocycles. The van der Waals surface area contributed by atoms with E-state index in [4.69, 9.17) is 22.1 Å². The third-order valence-corrected chi connectivity index (χ3v) is 3.87. The number of nitrogen functional groups attached to an aromatic ring is 1. The minimum absolute atomic E-state index is 0.0199. The molecule has 1 heterocycles. The van der Waals surface area contributed by atoms with Crippen molar-refractivity contribution in [2.75, 3.05) is 12.8 Å². The SMILES string of the molecule is COCc1nc(-c2ccc(F)c(Cl)c2)nc(N)c1I. The maximum Gasteiger partial charge on any atom is 0.161 e. The van der Waals surface area contributed by atoms with Crippen LogP contribution in [0.2, 0.25) is 5.02 Å². The Kier molecular flexibility index (Phi) is 4.54. The molecule has 0 saturated heterocycles. The van der Waals surface area contributed by atoms with Crippen molar-refractivity contribution in [1.29, 1.82) is 0 Å². The fourth-order valence-corrected chi connectivity index (χ4v) is 2.09. The summed E-state index contributed by atoms with van der Waals surface area (Å²) in [5.74, 6) is 0.269. The minimum Gasteiger partial charge on any atom is -0.383 e. The molecule has 19 heavy (non-hydrogen) atoms. The topological polar surface area (TPSA) is 61.0 Å². The average molecular weight is 394 g/mol. The van der Waals surface area contributed by atoms with Gasteiger partial charge in [-0.25, -0.2) is 14.4 Å². The molecule has 0 fully saturated rings. The summed E-state index contributed by atoms with van der Waals surface area (Å²) >= 11 is 7.81. The molecule has 0 aliphatic carbocycles. The Morgan fingerprint density at radius 3 is 2.79 bits per heavy atom. The number of aromatic nitrogens is 2. The predicted octanol–water partition coefficient (Wildman–Crippen LogP) is 3.27. The van der Waals surface area contributed by atoms with Gasteiger partial charge in [0.05, 0.1) is 20.9 Å². The Bertz CT molecular complexity index is 624. The van der Waals surface area contributed by atoms with Gasteiger partial charge in [-0.3, -0.25) is 0 Å². The number of benzene rings is 1. The maximum atomic E-state index is 13.1. The summed E-state index contributed by atoms with van der Waals surface area (Å²) in [6, 6.07) is 4.29. The van der Waals surface area contributed by atoms with Crippen molar-refractivity contribution < 1.29 is 9.13 Å². The van der Waals surface area contributed by atoms with Crippen molar-refractivity contribution in [2.24, 2.45) is 0 Å². The third-order valence-electron chi connectivity index (χ3n) is 2.40. The van der Waals surface area contributed by atoms with Gasteiger partial charge in [0.15, 0.2) is 5.82 Å². The van der Waals surface area contributed by atoms with E-state index in [2.05, 4.69) is 32.6 Å². The molecular formula is C12H10ClFIN3O. The van der Waals surface area contributed by atoms with Crippen LogP contribution >= 0.6 is 34.2 Å². The van der Waals surface area contributed by atoms with Gasteiger partial charge in [-0.2, -0.15) is 0 Å². The number of nitrogens with two attached hydrogens (primary N) is 1. The molecule has 0 radical (unpaired) electrons. The van der Waals surface area contributed by atoms with Gasteiger partial charge in [0, 0.05) is 12.7 Å². The molecule has 7 heteroatoms. The lowest BCUT2D eigenvalue weighted by molar-refractivity contribution is 0.181. The Balaban J connectivity index is 2.52. The highest BCUT2D eigenvalue weighted by Gasteiger charge is 2.12. The first-order valence-electron chi connectivity index (χ1n) is 5.29. The molecule has 4 nitrogen and oxygen atoms in total. The van der Waals surface area contributed by atoms with E-state index in [-0.39, 0.29) is 5.02 Å². The second-order valence-electron chi connectivity index (χ2n) is 3.76. The Hall–Kier alpha value is -0.990. The molecule has 0 amide bonds. The summed E-state index contributed by atoms with van der Waals surface area (Å²) in [4.78, 5) is 8.54. The van der Waals surface area contributed by atoms with E-state index >= 15 is 0 Å². The van der Waals surface area contributed by atoms with Crippen LogP contribution < -0.4 is 5.73 Å². The number of hydrogen-bond donors (Lipinski definition) is 1. The van der Waals surface area contributed by atoms with E-state index in [0.717, 1.165) is 3.57 Å². The van der Waals surface area contributed by atoms with Gasteiger partial charge < -0.3 is 10.5 Å². The largest absolute Gasteiger partial charge is 0.383 e. The second-order valence-corrected chi connectivity index (χ2v) is 5.24. The number of methoxy groups -OCH3 is 1. The monoisotopic (exact) mass is 393 g/mol. The van der Waals surface area contributed by atoms with Crippen molar-refractivity contribution in [2.45, 2.75) is 6.61 Å². The molecule has 2 N–H and O–H groups in total. The number of nitrogens with zero attached hydrogens (tertiary/aromatic N) is 2. The standard InChI is InChI=1S/C12H10ClFIN3O/c1-19-5-9-10(15)11(16)18-12(17-9)6-2-3-8(14)7(13)4-6/h2-4H,5H2,1H3,(H2,16,17,18). The fourth-order valence-electron chi connectivity index (χ4n) is 1.51. The Morgan fingerprint density at radius 2 is 2.16 bits per heavy atom. The van der Waals surface area contributed by atoms with Gasteiger partial charge >= 0.3 is 0 Å². The summed E-state index contributed by atoms with van der Waals surface area (Å²) in [7, 11) is 1.57. The van der Waals surface area contributed by atoms with Crippen LogP contribution in [-0.2, 0) is 11.3 Å². The number of ether oxygens (including phenoxy) is 1. The highest BCUT2D eigenvalue weighted by molar-refractivity contribution is 14.1. The van der Waals surface area contributed by atoms with E-state index in [9.17, 15) is 4.39 Å². The van der Waals surface area contributed by atoms with Crippen LogP contribution in [0.3, 0.4) is 0 Å². The van der Waals surface area contributed by atoms with Crippen molar-refractivity contribution in [3.05, 3.63) is 38.3 Å². The summed E-state index contributed by atoms with van der Waals surface area (Å²) in [6.45, 7) is 0.326. The summed E-state index contributed by atoms with van der Waals surface area (Å²) in [5.41, 5.74) is 7.13. The molecule has 0 aliphatic heterocycles. The van der Waals surface area contributed by atoms with Crippen molar-refractivity contribution in [1.82, 2.24) is 9.97 Å². The van der Waals surface area contributed by atoms with Crippen LogP contribution in [0, 0.1) is 9.39 Å². The molecule has 1 aromatic carbocycles. The molecular weight excluding hydrogens is 384 g/mol. The Morgan fingerprint density at radius 1 is 1.42 bits per heavy atom. The van der Waals surface area contributed by atoms with Crippen LogP contribution in [0.5, 0.6) is 0 Å². The average Bonchev–Trinajstić information content (AvgIpc) is 2.38. The number of hydrogen-bond acceptors (Lipinski definition) is 4. The van der Waals surface area contributed by atoms with Crippen molar-refractivity contribution in [3.8, 4) is 11.4 Å². The fraction of sp³-hybridized carbons (Fsp3) is 0.167. The minimum atomic E-state index is -0.485. The van der Waals surface area contributed by atoms with Gasteiger partial charge in [-0.15, -0.1) is 0 Å². The number of halogens is 3. The van der Waals surface area contributed by atoms with Gasteiger partial charge in [-0.05, 0) is 40.8 Å². The van der Waals surface area contributed by atoms with Crippen molar-refractivity contribution >= 4 is 40.0 Å². The van der Waals surface area contributed by atoms with Crippen LogP contribution in [0.1, 0.15) is 5.69 Å². The molecule has 0 atom stereocenters. The molecule has 1 aromatic heterocycles. The summed E-state index contributed by atoms with van der Waals surface area (Å²) in [5, 5.41) is 0.0199. The second kappa shape index (κ2) is 5.98. The van der Waals surface area contributed by atoms with Gasteiger partial charge in [0.1, 0.15) is 11.6 Å². The van der Waals surface area contributed by atoms with E-state index in [1.54, 1.807) is 13.2 Å². The molecule has 0 aliphatic rings. The van der Waals surface area contributed by atoms with Gasteiger partial charge in [-0.1, -0.05) is 11.6 Å². The molecule has 2 rings (SSSR count). The third kappa shape index (κ3) is 3.13. The zero-order chi connectivity index (χ0) is 14.0. The predicted molar refractivity (Wildman–Crippen MR) is 80.3 cm³/mol. The first-order chi connectivity index (χ1) is 9.02. The van der Waals surface area contributed by atoms with Crippen LogP contribution in [0.15, 0.2) is 18.2 Å². The summed E-state index contributed by atoms with van der Waals surface area (Å²) in [6.07, 6.45) is 0. The van der Waals surface area contributed by atoms with Gasteiger partial charge in [0.2, 0.25) is 0 Å². The number of rotatable bonds is 3. The highest BCUT2D eigenvalue weighted by Crippen LogP contribution is 2.25. The van der Waals surface area contributed by atoms with Crippen LogP contribution in [0.25, 0.3) is 11.4 Å². The smallest absolute Gasteiger partial charge is 0.161 e. The van der Waals surface area contributed by atoms with E-state index in [1.165, 1.54) is 12.1 Å². The maximum absolute atomic E-state index is 13.1. The molecule has 2 aromatic rings. The Labute approximate surface area is 128 Å². The quantitative estimate of drug-likeness (QED) is 0.813. The normalized spacial score (nSPS) is 10.7. The lowest BCUT2D eigenvalue weighted by Gasteiger charge is -2.08. The molecule has 0 unspecified atom stereocenters. The lowest BCUT2D eigenvalue weighted by atomic mass is 10.2. The molecule has 0 spiro atoms. The van der Waals surface area contributed by atoms with Gasteiger partial charge in [0.25, 0.3) is 0 Å². The highest BCUT2D eigenvalue weighted by atomic mass is 127. The zero-order valence-corrected chi connectivity index (χ0v) is 12.9. The van der Waals surface area contributed by atoms with E-state index in [1.807, 2.05) is 0 Å². The first kappa shape index (κ1) is 14.4. The van der Waals surface area contributed by atoms with E-state index < -0.39 is 5.82 Å². The van der Waals surface area contributed by atoms with E-state index in [0.29, 0.717) is 29.5 Å². The van der Waals surface area contributed by atoms with Crippen LogP contribution in [0.4, 0.5) is 10.2 Å². The zero-order valence-electron chi connectivity index (χ0n) is 9.95.